The first kappa shape index (κ1) is 33.9. The highest BCUT2D eigenvalue weighted by molar-refractivity contribution is 6.10. The van der Waals surface area contributed by atoms with Gasteiger partial charge in [0.15, 0.2) is 17.5 Å². The predicted octanol–water partition coefficient (Wildman–Crippen LogP) is 13.2. The fourth-order valence-electron chi connectivity index (χ4n) is 8.53. The lowest BCUT2D eigenvalue weighted by Crippen LogP contribution is -2.20. The SMILES string of the molecule is CC(C)(C)c1ccc2c(c1)c1cc3ccc1n2-c1ccc(-c2ccccc2-c2ccccc2)cc1-c1nc(-c2ccccc2)nc(n1)-c1ccccc1C3(C)C. The number of rotatable bonds is 3. The zero-order chi connectivity index (χ0) is 38.2. The maximum absolute atomic E-state index is 5.44. The molecule has 11 rings (SSSR count). The van der Waals surface area contributed by atoms with E-state index in [-0.39, 0.29) is 10.8 Å². The largest absolute Gasteiger partial charge is 0.309 e. The van der Waals surface area contributed by atoms with Gasteiger partial charge in [0, 0.05) is 32.9 Å². The lowest BCUT2D eigenvalue weighted by molar-refractivity contribution is 0.591. The fourth-order valence-corrected chi connectivity index (χ4v) is 8.53. The van der Waals surface area contributed by atoms with Crippen molar-refractivity contribution in [3.8, 4) is 62.1 Å². The Balaban J connectivity index is 1.37. The van der Waals surface area contributed by atoms with E-state index in [0.717, 1.165) is 44.5 Å². The number of benzene rings is 7. The molecule has 4 nitrogen and oxygen atoms in total. The van der Waals surface area contributed by atoms with Gasteiger partial charge in [-0.2, -0.15) is 0 Å². The van der Waals surface area contributed by atoms with Crippen LogP contribution < -0.4 is 0 Å². The van der Waals surface area contributed by atoms with Crippen molar-refractivity contribution in [3.63, 3.8) is 0 Å². The standard InChI is InChI=1S/C52H42N4/c1-51(2,3)36-25-28-45-41(31-36)42-32-37-26-29-46(42)56(45)47-27-24-35(39-21-13-12-20-38(39)33-16-8-6-9-17-33)30-43(47)50-54-48(34-18-10-7-11-19-34)53-49(55-50)40-22-14-15-23-44(40)52(37,4)5/h6-32H,1-5H3. The molecule has 4 heterocycles. The second-order valence-electron chi connectivity index (χ2n) is 16.5. The smallest absolute Gasteiger partial charge is 0.166 e. The summed E-state index contributed by atoms with van der Waals surface area (Å²) in [7, 11) is 0. The molecule has 0 amide bonds. The summed E-state index contributed by atoms with van der Waals surface area (Å²) < 4.78 is 2.42. The van der Waals surface area contributed by atoms with E-state index in [9.17, 15) is 0 Å². The summed E-state index contributed by atoms with van der Waals surface area (Å²) in [5.41, 5.74) is 14.1. The third-order valence-electron chi connectivity index (χ3n) is 11.7. The second-order valence-corrected chi connectivity index (χ2v) is 16.5. The summed E-state index contributed by atoms with van der Waals surface area (Å²) >= 11 is 0. The number of nitrogens with zero attached hydrogens (tertiary/aromatic N) is 4. The zero-order valence-electron chi connectivity index (χ0n) is 32.4. The molecule has 7 aromatic carbocycles. The van der Waals surface area contributed by atoms with Crippen LogP contribution in [0.5, 0.6) is 0 Å². The van der Waals surface area contributed by atoms with Gasteiger partial charge >= 0.3 is 0 Å². The van der Waals surface area contributed by atoms with Crippen LogP contribution in [0.1, 0.15) is 51.3 Å². The molecule has 0 unspecified atom stereocenters. The zero-order valence-corrected chi connectivity index (χ0v) is 32.4. The van der Waals surface area contributed by atoms with Gasteiger partial charge in [0.05, 0.1) is 16.7 Å². The van der Waals surface area contributed by atoms with Gasteiger partial charge in [0.25, 0.3) is 0 Å². The molecular weight excluding hydrogens is 681 g/mol. The molecule has 0 atom stereocenters. The molecule has 6 bridgehead atoms. The van der Waals surface area contributed by atoms with E-state index in [4.69, 9.17) is 15.0 Å². The van der Waals surface area contributed by atoms with E-state index in [1.54, 1.807) is 0 Å². The molecule has 0 aliphatic carbocycles. The minimum Gasteiger partial charge on any atom is -0.309 e. The highest BCUT2D eigenvalue weighted by Crippen LogP contribution is 2.45. The Kier molecular flexibility index (Phi) is 7.69. The quantitative estimate of drug-likeness (QED) is 0.182. The number of hydrogen-bond donors (Lipinski definition) is 0. The van der Waals surface area contributed by atoms with Crippen LogP contribution in [0.4, 0.5) is 0 Å². The second kappa shape index (κ2) is 12.7. The van der Waals surface area contributed by atoms with Crippen LogP contribution in [0.15, 0.2) is 164 Å². The van der Waals surface area contributed by atoms with Crippen molar-refractivity contribution in [3.05, 3.63) is 180 Å². The number of fused-ring (bicyclic) bond motifs is 2. The van der Waals surface area contributed by atoms with Gasteiger partial charge in [-0.1, -0.05) is 162 Å². The molecular formula is C52H42N4. The summed E-state index contributed by atoms with van der Waals surface area (Å²) in [6.45, 7) is 11.5. The molecule has 2 aromatic heterocycles. The van der Waals surface area contributed by atoms with Gasteiger partial charge in [-0.05, 0) is 80.8 Å². The lowest BCUT2D eigenvalue weighted by Gasteiger charge is -2.28. The lowest BCUT2D eigenvalue weighted by atomic mass is 9.75. The molecule has 2 aliphatic heterocycles. The minimum absolute atomic E-state index is 0.00661. The van der Waals surface area contributed by atoms with Gasteiger partial charge in [0.1, 0.15) is 0 Å². The van der Waals surface area contributed by atoms with Crippen molar-refractivity contribution < 1.29 is 0 Å². The van der Waals surface area contributed by atoms with Crippen LogP contribution in [0, 0.1) is 0 Å². The Morgan fingerprint density at radius 2 is 1.00 bits per heavy atom. The third kappa shape index (κ3) is 5.47. The van der Waals surface area contributed by atoms with E-state index in [0.29, 0.717) is 17.5 Å². The van der Waals surface area contributed by atoms with Crippen molar-refractivity contribution in [2.45, 2.75) is 45.4 Å². The Morgan fingerprint density at radius 1 is 0.446 bits per heavy atom. The maximum Gasteiger partial charge on any atom is 0.166 e. The Morgan fingerprint density at radius 3 is 1.70 bits per heavy atom. The van der Waals surface area contributed by atoms with Crippen LogP contribution in [-0.4, -0.2) is 19.5 Å². The molecule has 0 saturated carbocycles. The molecule has 0 spiro atoms. The first-order chi connectivity index (χ1) is 27.1. The predicted molar refractivity (Wildman–Crippen MR) is 232 cm³/mol. The summed E-state index contributed by atoms with van der Waals surface area (Å²) in [5.74, 6) is 1.94. The van der Waals surface area contributed by atoms with Gasteiger partial charge in [-0.3, -0.25) is 0 Å². The van der Waals surface area contributed by atoms with E-state index < -0.39 is 0 Å². The Labute approximate surface area is 328 Å². The summed E-state index contributed by atoms with van der Waals surface area (Å²) in [5, 5.41) is 2.47. The van der Waals surface area contributed by atoms with E-state index >= 15 is 0 Å². The van der Waals surface area contributed by atoms with Crippen molar-refractivity contribution in [1.29, 1.82) is 0 Å². The molecule has 56 heavy (non-hydrogen) atoms. The normalized spacial score (nSPS) is 13.2. The van der Waals surface area contributed by atoms with E-state index in [1.807, 2.05) is 18.2 Å². The molecule has 0 N–H and O–H groups in total. The van der Waals surface area contributed by atoms with Gasteiger partial charge < -0.3 is 4.57 Å². The first-order valence-electron chi connectivity index (χ1n) is 19.5. The number of aromatic nitrogens is 4. The minimum atomic E-state index is -0.365. The van der Waals surface area contributed by atoms with Crippen molar-refractivity contribution in [2.24, 2.45) is 0 Å². The average Bonchev–Trinajstić information content (AvgIpc) is 3.56. The van der Waals surface area contributed by atoms with E-state index in [2.05, 4.69) is 185 Å². The maximum atomic E-state index is 5.44. The van der Waals surface area contributed by atoms with Gasteiger partial charge in [-0.15, -0.1) is 0 Å². The number of hydrogen-bond acceptors (Lipinski definition) is 3. The highest BCUT2D eigenvalue weighted by Gasteiger charge is 2.30. The fraction of sp³-hybridized carbons (Fsp3) is 0.135. The molecule has 0 saturated heterocycles. The van der Waals surface area contributed by atoms with Crippen LogP contribution in [0.2, 0.25) is 0 Å². The molecule has 9 aromatic rings. The van der Waals surface area contributed by atoms with Crippen molar-refractivity contribution >= 4 is 21.8 Å². The monoisotopic (exact) mass is 722 g/mol. The topological polar surface area (TPSA) is 43.6 Å². The van der Waals surface area contributed by atoms with Gasteiger partial charge in [0.2, 0.25) is 0 Å². The van der Waals surface area contributed by atoms with Crippen LogP contribution >= 0.6 is 0 Å². The van der Waals surface area contributed by atoms with Crippen LogP contribution in [-0.2, 0) is 10.8 Å². The van der Waals surface area contributed by atoms with Gasteiger partial charge in [-0.25, -0.2) is 15.0 Å². The average molecular weight is 723 g/mol. The molecule has 4 heteroatoms. The van der Waals surface area contributed by atoms with Crippen LogP contribution in [0.25, 0.3) is 83.9 Å². The van der Waals surface area contributed by atoms with Crippen molar-refractivity contribution in [1.82, 2.24) is 19.5 Å². The highest BCUT2D eigenvalue weighted by atomic mass is 15.1. The molecule has 0 fully saturated rings. The van der Waals surface area contributed by atoms with Crippen molar-refractivity contribution in [2.75, 3.05) is 0 Å². The summed E-state index contributed by atoms with van der Waals surface area (Å²) in [6, 6.07) is 59.0. The summed E-state index contributed by atoms with van der Waals surface area (Å²) in [6.07, 6.45) is 0. The van der Waals surface area contributed by atoms with E-state index in [1.165, 1.54) is 38.6 Å². The summed E-state index contributed by atoms with van der Waals surface area (Å²) in [4.78, 5) is 16.0. The van der Waals surface area contributed by atoms with Crippen LogP contribution in [0.3, 0.4) is 0 Å². The molecule has 270 valence electrons. The Bertz CT molecular complexity index is 2970. The third-order valence-corrected chi connectivity index (χ3v) is 11.7. The first-order valence-corrected chi connectivity index (χ1v) is 19.5. The Hall–Kier alpha value is -6.65. The molecule has 0 radical (unpaired) electrons. The molecule has 2 aliphatic rings.